The third-order valence-electron chi connectivity index (χ3n) is 3.81. The number of benzene rings is 1. The lowest BCUT2D eigenvalue weighted by atomic mass is 10.2. The van der Waals surface area contributed by atoms with Crippen LogP contribution in [0, 0.1) is 0 Å². The standard InChI is InChI=1S/C16H11F3N4O2/c17-16(18,19)8-22-6-5-20-12(22)7-23-9-21-13-10-3-1-2-4-11(10)25-14(13)15(23)24/h1-6,9H,7-8H2. The smallest absolute Gasteiger partial charge is 0.406 e. The number of rotatable bonds is 3. The second-order valence-corrected chi connectivity index (χ2v) is 5.54. The molecule has 0 amide bonds. The molecule has 0 spiro atoms. The predicted molar refractivity (Wildman–Crippen MR) is 83.2 cm³/mol. The molecule has 9 heteroatoms. The summed E-state index contributed by atoms with van der Waals surface area (Å²) in [5.74, 6) is 0.108. The van der Waals surface area contributed by atoms with E-state index in [-0.39, 0.29) is 18.0 Å². The van der Waals surface area contributed by atoms with Crippen LogP contribution in [0.3, 0.4) is 0 Å². The van der Waals surface area contributed by atoms with E-state index in [0.29, 0.717) is 16.5 Å². The number of halogens is 3. The number of hydrogen-bond donors (Lipinski definition) is 0. The molecule has 0 N–H and O–H groups in total. The highest BCUT2D eigenvalue weighted by molar-refractivity contribution is 6.01. The molecule has 3 heterocycles. The van der Waals surface area contributed by atoms with Crippen molar-refractivity contribution in [2.45, 2.75) is 19.3 Å². The summed E-state index contributed by atoms with van der Waals surface area (Å²) < 4.78 is 45.5. The van der Waals surface area contributed by atoms with E-state index in [1.54, 1.807) is 24.3 Å². The normalized spacial score (nSPS) is 12.3. The molecule has 0 saturated carbocycles. The topological polar surface area (TPSA) is 65.8 Å². The van der Waals surface area contributed by atoms with Gasteiger partial charge in [-0.05, 0) is 12.1 Å². The van der Waals surface area contributed by atoms with Gasteiger partial charge in [-0.15, -0.1) is 0 Å². The molecular formula is C16H11F3N4O2. The third-order valence-corrected chi connectivity index (χ3v) is 3.81. The number of para-hydroxylation sites is 1. The Morgan fingerprint density at radius 2 is 1.92 bits per heavy atom. The van der Waals surface area contributed by atoms with Crippen LogP contribution in [-0.4, -0.2) is 25.3 Å². The number of nitrogens with zero attached hydrogens (tertiary/aromatic N) is 4. The van der Waals surface area contributed by atoms with Gasteiger partial charge in [-0.2, -0.15) is 13.2 Å². The fourth-order valence-electron chi connectivity index (χ4n) is 2.71. The van der Waals surface area contributed by atoms with Crippen LogP contribution in [0.2, 0.25) is 0 Å². The van der Waals surface area contributed by atoms with Gasteiger partial charge in [-0.1, -0.05) is 12.1 Å². The van der Waals surface area contributed by atoms with Gasteiger partial charge in [0.2, 0.25) is 5.58 Å². The van der Waals surface area contributed by atoms with Crippen molar-refractivity contribution in [1.29, 1.82) is 0 Å². The molecule has 128 valence electrons. The number of furan rings is 1. The minimum absolute atomic E-state index is 0.0672. The van der Waals surface area contributed by atoms with Gasteiger partial charge in [-0.25, -0.2) is 9.97 Å². The van der Waals surface area contributed by atoms with Crippen LogP contribution in [0.4, 0.5) is 13.2 Å². The van der Waals surface area contributed by atoms with Crippen LogP contribution in [0.1, 0.15) is 5.82 Å². The van der Waals surface area contributed by atoms with E-state index >= 15 is 0 Å². The second-order valence-electron chi connectivity index (χ2n) is 5.54. The SMILES string of the molecule is O=c1c2oc3ccccc3c2ncn1Cc1nccn1CC(F)(F)F. The van der Waals surface area contributed by atoms with Gasteiger partial charge in [0.1, 0.15) is 23.5 Å². The van der Waals surface area contributed by atoms with Gasteiger partial charge in [0.15, 0.2) is 0 Å². The molecule has 0 aliphatic heterocycles. The summed E-state index contributed by atoms with van der Waals surface area (Å²) >= 11 is 0. The highest BCUT2D eigenvalue weighted by Gasteiger charge is 2.29. The van der Waals surface area contributed by atoms with Crippen molar-refractivity contribution in [3.63, 3.8) is 0 Å². The van der Waals surface area contributed by atoms with Crippen LogP contribution < -0.4 is 5.56 Å². The average Bonchev–Trinajstić information content (AvgIpc) is 3.13. The van der Waals surface area contributed by atoms with E-state index in [1.165, 1.54) is 23.3 Å². The first kappa shape index (κ1) is 15.4. The summed E-state index contributed by atoms with van der Waals surface area (Å²) in [6.45, 7) is -1.31. The summed E-state index contributed by atoms with van der Waals surface area (Å²) in [6, 6.07) is 7.08. The third kappa shape index (κ3) is 2.77. The molecule has 0 radical (unpaired) electrons. The zero-order valence-electron chi connectivity index (χ0n) is 12.7. The molecule has 0 atom stereocenters. The largest absolute Gasteiger partial charge is 0.448 e. The zero-order valence-corrected chi connectivity index (χ0v) is 12.7. The van der Waals surface area contributed by atoms with E-state index in [9.17, 15) is 18.0 Å². The number of aromatic nitrogens is 4. The van der Waals surface area contributed by atoms with Crippen LogP contribution in [0.5, 0.6) is 0 Å². The fourth-order valence-corrected chi connectivity index (χ4v) is 2.71. The van der Waals surface area contributed by atoms with Gasteiger partial charge in [0.05, 0.1) is 12.9 Å². The maximum Gasteiger partial charge on any atom is 0.406 e. The first-order chi connectivity index (χ1) is 11.9. The van der Waals surface area contributed by atoms with Gasteiger partial charge in [-0.3, -0.25) is 9.36 Å². The van der Waals surface area contributed by atoms with E-state index in [0.717, 1.165) is 4.57 Å². The lowest BCUT2D eigenvalue weighted by Gasteiger charge is -2.11. The average molecular weight is 348 g/mol. The molecule has 25 heavy (non-hydrogen) atoms. The van der Waals surface area contributed by atoms with Crippen molar-refractivity contribution < 1.29 is 17.6 Å². The zero-order chi connectivity index (χ0) is 17.6. The van der Waals surface area contributed by atoms with Gasteiger partial charge in [0.25, 0.3) is 5.56 Å². The maximum atomic E-state index is 12.6. The van der Waals surface area contributed by atoms with E-state index in [2.05, 4.69) is 9.97 Å². The molecule has 0 aliphatic rings. The molecule has 0 bridgehead atoms. The summed E-state index contributed by atoms with van der Waals surface area (Å²) in [4.78, 5) is 20.7. The van der Waals surface area contributed by atoms with Crippen molar-refractivity contribution >= 4 is 22.1 Å². The Bertz CT molecular complexity index is 1120. The van der Waals surface area contributed by atoms with Crippen molar-refractivity contribution in [3.8, 4) is 0 Å². The Kier molecular flexibility index (Phi) is 3.38. The molecule has 4 rings (SSSR count). The van der Waals surface area contributed by atoms with Crippen LogP contribution in [0.25, 0.3) is 22.1 Å². The number of alkyl halides is 3. The van der Waals surface area contributed by atoms with Gasteiger partial charge < -0.3 is 8.98 Å². The van der Waals surface area contributed by atoms with Gasteiger partial charge >= 0.3 is 6.18 Å². The van der Waals surface area contributed by atoms with E-state index in [1.807, 2.05) is 0 Å². The Morgan fingerprint density at radius 1 is 1.12 bits per heavy atom. The Hall–Kier alpha value is -3.10. The Morgan fingerprint density at radius 3 is 2.72 bits per heavy atom. The number of fused-ring (bicyclic) bond motifs is 3. The first-order valence-corrected chi connectivity index (χ1v) is 7.36. The molecule has 6 nitrogen and oxygen atoms in total. The number of imidazole rings is 1. The van der Waals surface area contributed by atoms with Crippen LogP contribution in [0.15, 0.2) is 52.2 Å². The highest BCUT2D eigenvalue weighted by atomic mass is 19.4. The van der Waals surface area contributed by atoms with Crippen molar-refractivity contribution in [1.82, 2.24) is 19.1 Å². The minimum atomic E-state index is -4.37. The molecule has 3 aromatic heterocycles. The lowest BCUT2D eigenvalue weighted by molar-refractivity contribution is -0.141. The molecule has 0 saturated heterocycles. The fraction of sp³-hybridized carbons (Fsp3) is 0.188. The molecule has 1 aromatic carbocycles. The monoisotopic (exact) mass is 348 g/mol. The second kappa shape index (κ2) is 5.47. The summed E-state index contributed by atoms with van der Waals surface area (Å²) in [7, 11) is 0. The predicted octanol–water partition coefficient (Wildman–Crippen LogP) is 2.95. The molecule has 0 fully saturated rings. The summed E-state index contributed by atoms with van der Waals surface area (Å²) in [6.07, 6.45) is -0.596. The molecular weight excluding hydrogens is 337 g/mol. The summed E-state index contributed by atoms with van der Waals surface area (Å²) in [5, 5.41) is 0.709. The van der Waals surface area contributed by atoms with Gasteiger partial charge in [0, 0.05) is 17.8 Å². The Balaban J connectivity index is 1.76. The minimum Gasteiger partial charge on any atom is -0.448 e. The molecule has 0 aliphatic carbocycles. The van der Waals surface area contributed by atoms with Crippen molar-refractivity contribution in [3.05, 3.63) is 59.2 Å². The Labute approximate surface area is 138 Å². The van der Waals surface area contributed by atoms with Crippen LogP contribution >= 0.6 is 0 Å². The molecule has 4 aromatic rings. The van der Waals surface area contributed by atoms with Crippen LogP contribution in [-0.2, 0) is 13.1 Å². The highest BCUT2D eigenvalue weighted by Crippen LogP contribution is 2.24. The van der Waals surface area contributed by atoms with E-state index < -0.39 is 18.3 Å². The summed E-state index contributed by atoms with van der Waals surface area (Å²) in [5.41, 5.74) is 0.550. The number of hydrogen-bond acceptors (Lipinski definition) is 4. The maximum absolute atomic E-state index is 12.6. The quantitative estimate of drug-likeness (QED) is 0.571. The van der Waals surface area contributed by atoms with Crippen molar-refractivity contribution in [2.24, 2.45) is 0 Å². The van der Waals surface area contributed by atoms with Crippen molar-refractivity contribution in [2.75, 3.05) is 0 Å². The lowest BCUT2D eigenvalue weighted by Crippen LogP contribution is -2.24. The molecule has 0 unspecified atom stereocenters. The van der Waals surface area contributed by atoms with E-state index in [4.69, 9.17) is 4.42 Å². The first-order valence-electron chi connectivity index (χ1n) is 7.36.